The molecule has 0 saturated heterocycles. The van der Waals surface area contributed by atoms with Crippen molar-refractivity contribution in [3.05, 3.63) is 53.0 Å². The molecular weight excluding hydrogens is 298 g/mol. The zero-order valence-electron chi connectivity index (χ0n) is 15.2. The van der Waals surface area contributed by atoms with E-state index >= 15 is 0 Å². The van der Waals surface area contributed by atoms with E-state index in [0.717, 1.165) is 43.3 Å². The summed E-state index contributed by atoms with van der Waals surface area (Å²) in [6.45, 7) is 8.90. The van der Waals surface area contributed by atoms with Crippen LogP contribution in [0.4, 0.5) is 5.82 Å². The van der Waals surface area contributed by atoms with Gasteiger partial charge in [0.15, 0.2) is 0 Å². The predicted molar refractivity (Wildman–Crippen MR) is 97.3 cm³/mol. The Morgan fingerprint density at radius 3 is 2.58 bits per heavy atom. The summed E-state index contributed by atoms with van der Waals surface area (Å²) >= 11 is 0. The first-order valence-electron chi connectivity index (χ1n) is 8.66. The van der Waals surface area contributed by atoms with Crippen molar-refractivity contribution in [3.63, 3.8) is 0 Å². The second-order valence-corrected chi connectivity index (χ2v) is 7.52. The zero-order valence-corrected chi connectivity index (χ0v) is 15.2. The molecular formula is C20H27N3O. The predicted octanol–water partition coefficient (Wildman–Crippen LogP) is 3.87. The molecule has 0 atom stereocenters. The van der Waals surface area contributed by atoms with Crippen LogP contribution in [-0.4, -0.2) is 23.6 Å². The van der Waals surface area contributed by atoms with E-state index in [9.17, 15) is 0 Å². The first kappa shape index (κ1) is 16.9. The van der Waals surface area contributed by atoms with Gasteiger partial charge in [-0.2, -0.15) is 0 Å². The van der Waals surface area contributed by atoms with Crippen molar-refractivity contribution in [3.8, 4) is 0 Å². The smallest absolute Gasteiger partial charge is 0.136 e. The lowest BCUT2D eigenvalue weighted by Gasteiger charge is -2.25. The van der Waals surface area contributed by atoms with Gasteiger partial charge in [0.25, 0.3) is 0 Å². The summed E-state index contributed by atoms with van der Waals surface area (Å²) in [5.74, 6) is 1.89. The molecule has 2 aromatic rings. The van der Waals surface area contributed by atoms with Crippen LogP contribution in [0.25, 0.3) is 0 Å². The number of aromatic nitrogens is 2. The summed E-state index contributed by atoms with van der Waals surface area (Å²) in [5, 5.41) is 0. The van der Waals surface area contributed by atoms with Gasteiger partial charge in [-0.15, -0.1) is 0 Å². The summed E-state index contributed by atoms with van der Waals surface area (Å²) in [6, 6.07) is 10.8. The quantitative estimate of drug-likeness (QED) is 0.858. The summed E-state index contributed by atoms with van der Waals surface area (Å²) in [5.41, 5.74) is 3.73. The van der Waals surface area contributed by atoms with Gasteiger partial charge in [0.05, 0.1) is 12.3 Å². The van der Waals surface area contributed by atoms with Crippen molar-refractivity contribution < 1.29 is 4.74 Å². The normalized spacial score (nSPS) is 15.1. The van der Waals surface area contributed by atoms with E-state index in [1.807, 2.05) is 0 Å². The van der Waals surface area contributed by atoms with Crippen molar-refractivity contribution in [2.24, 2.45) is 0 Å². The van der Waals surface area contributed by atoms with Gasteiger partial charge in [-0.05, 0) is 24.0 Å². The first-order chi connectivity index (χ1) is 11.5. The monoisotopic (exact) mass is 325 g/mol. The lowest BCUT2D eigenvalue weighted by molar-refractivity contribution is 0.181. The Balaban J connectivity index is 1.97. The molecule has 4 nitrogen and oxygen atoms in total. The Bertz CT molecular complexity index is 706. The fourth-order valence-electron chi connectivity index (χ4n) is 3.10. The molecule has 0 bridgehead atoms. The minimum atomic E-state index is -0.0811. The van der Waals surface area contributed by atoms with E-state index in [0.29, 0.717) is 6.61 Å². The highest BCUT2D eigenvalue weighted by molar-refractivity contribution is 5.44. The van der Waals surface area contributed by atoms with Crippen LogP contribution in [0.3, 0.4) is 0 Å². The molecule has 0 N–H and O–H groups in total. The molecule has 1 aliphatic heterocycles. The summed E-state index contributed by atoms with van der Waals surface area (Å²) in [4.78, 5) is 12.0. The first-order valence-corrected chi connectivity index (χ1v) is 8.66. The summed E-state index contributed by atoms with van der Waals surface area (Å²) < 4.78 is 5.31. The molecule has 0 radical (unpaired) electrons. The van der Waals surface area contributed by atoms with Gasteiger partial charge in [-0.1, -0.05) is 45.0 Å². The van der Waals surface area contributed by atoms with Crippen molar-refractivity contribution in [1.82, 2.24) is 9.97 Å². The fourth-order valence-corrected chi connectivity index (χ4v) is 3.10. The van der Waals surface area contributed by atoms with Crippen molar-refractivity contribution in [2.75, 3.05) is 18.6 Å². The standard InChI is InChI=1S/C20H27N3O/c1-20(2,3)19-21-17(14-24-4)12-18(22-19)23-11-7-10-15-8-5-6-9-16(15)13-23/h5-6,8-9,12H,7,10-11,13-14H2,1-4H3. The van der Waals surface area contributed by atoms with Crippen LogP contribution in [0.15, 0.2) is 30.3 Å². The average molecular weight is 325 g/mol. The Morgan fingerprint density at radius 2 is 1.88 bits per heavy atom. The maximum Gasteiger partial charge on any atom is 0.136 e. The number of anilines is 1. The number of nitrogens with zero attached hydrogens (tertiary/aromatic N) is 3. The number of methoxy groups -OCH3 is 1. The Hall–Kier alpha value is -1.94. The maximum absolute atomic E-state index is 5.31. The Morgan fingerprint density at radius 1 is 1.12 bits per heavy atom. The number of hydrogen-bond donors (Lipinski definition) is 0. The van der Waals surface area contributed by atoms with Crippen molar-refractivity contribution in [1.29, 1.82) is 0 Å². The third-order valence-corrected chi connectivity index (χ3v) is 4.41. The minimum absolute atomic E-state index is 0.0811. The molecule has 0 spiro atoms. The number of rotatable bonds is 3. The van der Waals surface area contributed by atoms with E-state index in [-0.39, 0.29) is 5.41 Å². The molecule has 24 heavy (non-hydrogen) atoms. The van der Waals surface area contributed by atoms with E-state index in [4.69, 9.17) is 14.7 Å². The van der Waals surface area contributed by atoms with Crippen LogP contribution in [0, 0.1) is 0 Å². The Labute approximate surface area is 144 Å². The van der Waals surface area contributed by atoms with Gasteiger partial charge in [-0.3, -0.25) is 0 Å². The lowest BCUT2D eigenvalue weighted by Crippen LogP contribution is -2.26. The Kier molecular flexibility index (Phi) is 4.86. The molecule has 1 aromatic carbocycles. The molecule has 0 aliphatic carbocycles. The summed E-state index contributed by atoms with van der Waals surface area (Å²) in [7, 11) is 1.71. The van der Waals surface area contributed by atoms with E-state index in [2.05, 4.69) is 56.0 Å². The molecule has 128 valence electrons. The fraction of sp³-hybridized carbons (Fsp3) is 0.500. The molecule has 1 aromatic heterocycles. The SMILES string of the molecule is COCc1cc(N2CCCc3ccccc3C2)nc(C(C)(C)C)n1. The number of ether oxygens (including phenoxy) is 1. The molecule has 4 heteroatoms. The van der Waals surface area contributed by atoms with Gasteiger partial charge >= 0.3 is 0 Å². The maximum atomic E-state index is 5.31. The number of fused-ring (bicyclic) bond motifs is 1. The molecule has 0 saturated carbocycles. The highest BCUT2D eigenvalue weighted by Gasteiger charge is 2.22. The third kappa shape index (κ3) is 3.75. The molecule has 3 rings (SSSR count). The summed E-state index contributed by atoms with van der Waals surface area (Å²) in [6.07, 6.45) is 2.28. The highest BCUT2D eigenvalue weighted by Crippen LogP contribution is 2.26. The molecule has 0 fully saturated rings. The van der Waals surface area contributed by atoms with Crippen LogP contribution in [0.2, 0.25) is 0 Å². The average Bonchev–Trinajstić information content (AvgIpc) is 2.76. The van der Waals surface area contributed by atoms with Gasteiger partial charge in [-0.25, -0.2) is 9.97 Å². The molecule has 0 unspecified atom stereocenters. The van der Waals surface area contributed by atoms with Gasteiger partial charge < -0.3 is 9.64 Å². The van der Waals surface area contributed by atoms with Gasteiger partial charge in [0, 0.05) is 31.7 Å². The second-order valence-electron chi connectivity index (χ2n) is 7.52. The van der Waals surface area contributed by atoms with Crippen molar-refractivity contribution >= 4 is 5.82 Å². The van der Waals surface area contributed by atoms with Crippen LogP contribution < -0.4 is 4.90 Å². The van der Waals surface area contributed by atoms with Gasteiger partial charge in [0.2, 0.25) is 0 Å². The van der Waals surface area contributed by atoms with Crippen LogP contribution in [0.1, 0.15) is 49.8 Å². The number of hydrogen-bond acceptors (Lipinski definition) is 4. The molecule has 2 heterocycles. The van der Waals surface area contributed by atoms with Crippen LogP contribution in [0.5, 0.6) is 0 Å². The number of aryl methyl sites for hydroxylation is 1. The number of benzene rings is 1. The van der Waals surface area contributed by atoms with E-state index in [1.165, 1.54) is 11.1 Å². The van der Waals surface area contributed by atoms with Crippen LogP contribution in [-0.2, 0) is 29.7 Å². The van der Waals surface area contributed by atoms with E-state index < -0.39 is 0 Å². The van der Waals surface area contributed by atoms with Gasteiger partial charge in [0.1, 0.15) is 11.6 Å². The lowest BCUT2D eigenvalue weighted by atomic mass is 9.95. The minimum Gasteiger partial charge on any atom is -0.378 e. The third-order valence-electron chi connectivity index (χ3n) is 4.41. The van der Waals surface area contributed by atoms with Crippen LogP contribution >= 0.6 is 0 Å². The van der Waals surface area contributed by atoms with Crippen molar-refractivity contribution in [2.45, 2.75) is 52.2 Å². The highest BCUT2D eigenvalue weighted by atomic mass is 16.5. The van der Waals surface area contributed by atoms with E-state index in [1.54, 1.807) is 7.11 Å². The molecule has 1 aliphatic rings. The zero-order chi connectivity index (χ0) is 17.2. The second kappa shape index (κ2) is 6.89. The molecule has 0 amide bonds. The largest absolute Gasteiger partial charge is 0.378 e. The topological polar surface area (TPSA) is 38.2 Å².